The number of rotatable bonds is 6. The van der Waals surface area contributed by atoms with Gasteiger partial charge in [-0.15, -0.1) is 0 Å². The second kappa shape index (κ2) is 9.99. The van der Waals surface area contributed by atoms with Crippen molar-refractivity contribution in [2.75, 3.05) is 35.3 Å². The third-order valence-electron chi connectivity index (χ3n) is 7.61. The number of anilines is 5. The quantitative estimate of drug-likeness (QED) is 0.362. The van der Waals surface area contributed by atoms with Gasteiger partial charge in [-0.25, -0.2) is 4.98 Å². The molecule has 4 aromatic rings. The Kier molecular flexibility index (Phi) is 6.36. The van der Waals surface area contributed by atoms with Crippen molar-refractivity contribution in [1.29, 1.82) is 0 Å². The zero-order valence-corrected chi connectivity index (χ0v) is 22.0. The Balaban J connectivity index is 1.49. The lowest BCUT2D eigenvalue weighted by atomic mass is 9.88. The Hall–Kier alpha value is -4.50. The van der Waals surface area contributed by atoms with Crippen molar-refractivity contribution in [3.8, 4) is 0 Å². The maximum absolute atomic E-state index is 14.3. The average Bonchev–Trinajstić information content (AvgIpc) is 2.93. The van der Waals surface area contributed by atoms with Crippen LogP contribution in [0.4, 0.5) is 28.7 Å². The SMILES string of the molecule is C=CC(=O)N1CCN(c2cc3cnc(Nc4ccccc4)nc3n(C3CC(OC)C3)c2=O)c2cccc(C)c21. The highest BCUT2D eigenvalue weighted by Gasteiger charge is 2.35. The maximum atomic E-state index is 14.3. The first kappa shape index (κ1) is 24.8. The average molecular weight is 523 g/mol. The smallest absolute Gasteiger partial charge is 0.276 e. The molecule has 2 aromatic heterocycles. The molecule has 39 heavy (non-hydrogen) atoms. The van der Waals surface area contributed by atoms with Crippen LogP contribution in [0, 0.1) is 6.92 Å². The molecule has 1 amide bonds. The van der Waals surface area contributed by atoms with Crippen molar-refractivity contribution in [3.63, 3.8) is 0 Å². The van der Waals surface area contributed by atoms with Gasteiger partial charge in [0.15, 0.2) is 0 Å². The van der Waals surface area contributed by atoms with E-state index in [2.05, 4.69) is 16.9 Å². The van der Waals surface area contributed by atoms with Crippen molar-refractivity contribution in [2.45, 2.75) is 31.9 Å². The van der Waals surface area contributed by atoms with E-state index in [1.807, 2.05) is 66.4 Å². The maximum Gasteiger partial charge on any atom is 0.276 e. The first-order chi connectivity index (χ1) is 19.0. The molecule has 0 atom stereocenters. The van der Waals surface area contributed by atoms with Gasteiger partial charge in [0, 0.05) is 43.5 Å². The molecule has 198 valence electrons. The number of carbonyl (C=O) groups excluding carboxylic acids is 1. The van der Waals surface area contributed by atoms with E-state index in [-0.39, 0.29) is 23.6 Å². The van der Waals surface area contributed by atoms with E-state index in [0.717, 1.165) is 40.9 Å². The summed E-state index contributed by atoms with van der Waals surface area (Å²) in [7, 11) is 1.70. The molecule has 6 rings (SSSR count). The minimum atomic E-state index is -0.159. The first-order valence-electron chi connectivity index (χ1n) is 13.1. The van der Waals surface area contributed by atoms with Gasteiger partial charge in [0.05, 0.1) is 17.5 Å². The Morgan fingerprint density at radius 2 is 1.90 bits per heavy atom. The van der Waals surface area contributed by atoms with Crippen LogP contribution in [0.1, 0.15) is 24.4 Å². The normalized spacial score (nSPS) is 18.4. The number of aromatic nitrogens is 3. The molecule has 1 aliphatic carbocycles. The first-order valence-corrected chi connectivity index (χ1v) is 13.1. The number of fused-ring (bicyclic) bond motifs is 2. The molecular weight excluding hydrogens is 492 g/mol. The van der Waals surface area contributed by atoms with E-state index >= 15 is 0 Å². The molecule has 1 aliphatic heterocycles. The summed E-state index contributed by atoms with van der Waals surface area (Å²) >= 11 is 0. The van der Waals surface area contributed by atoms with E-state index in [4.69, 9.17) is 9.72 Å². The van der Waals surface area contributed by atoms with E-state index in [9.17, 15) is 9.59 Å². The monoisotopic (exact) mass is 522 g/mol. The lowest BCUT2D eigenvalue weighted by molar-refractivity contribution is -0.114. The van der Waals surface area contributed by atoms with Crippen LogP contribution in [0.3, 0.4) is 0 Å². The molecule has 0 bridgehead atoms. The Morgan fingerprint density at radius 3 is 2.64 bits per heavy atom. The number of amides is 1. The number of hydrogen-bond acceptors (Lipinski definition) is 7. The van der Waals surface area contributed by atoms with Gasteiger partial charge in [0.2, 0.25) is 5.95 Å². The molecule has 1 fully saturated rings. The minimum Gasteiger partial charge on any atom is -0.381 e. The van der Waals surface area contributed by atoms with E-state index in [0.29, 0.717) is 30.4 Å². The summed E-state index contributed by atoms with van der Waals surface area (Å²) in [6.07, 6.45) is 4.67. The molecule has 2 aromatic carbocycles. The number of para-hydroxylation sites is 2. The standard InChI is InChI=1S/C30H30N6O3/c1-4-26(37)35-14-13-34(24-12-8-9-19(2)27(24)35)25-15-20-18-31-30(32-21-10-6-5-7-11-21)33-28(20)36(29(25)38)22-16-23(17-22)39-3/h4-12,15,18,22-23H,1,13-14,16-17H2,2-3H3,(H,31,32,33). The van der Waals surface area contributed by atoms with Crippen molar-refractivity contribution in [1.82, 2.24) is 14.5 Å². The van der Waals surface area contributed by atoms with Crippen molar-refractivity contribution in [3.05, 3.63) is 89.4 Å². The largest absolute Gasteiger partial charge is 0.381 e. The van der Waals surface area contributed by atoms with Crippen molar-refractivity contribution in [2.24, 2.45) is 0 Å². The van der Waals surface area contributed by atoms with Gasteiger partial charge in [0.25, 0.3) is 11.5 Å². The zero-order valence-electron chi connectivity index (χ0n) is 22.0. The Labute approximate surface area is 226 Å². The molecule has 1 N–H and O–H groups in total. The van der Waals surface area contributed by atoms with Gasteiger partial charge in [-0.2, -0.15) is 4.98 Å². The summed E-state index contributed by atoms with van der Waals surface area (Å²) < 4.78 is 7.33. The number of hydrogen-bond donors (Lipinski definition) is 1. The van der Waals surface area contributed by atoms with Crippen LogP contribution in [-0.4, -0.2) is 46.7 Å². The van der Waals surface area contributed by atoms with Gasteiger partial charge in [-0.05, 0) is 55.7 Å². The molecule has 2 aliphatic rings. The summed E-state index contributed by atoms with van der Waals surface area (Å²) in [4.78, 5) is 40.0. The van der Waals surface area contributed by atoms with Gasteiger partial charge in [-0.3, -0.25) is 14.2 Å². The van der Waals surface area contributed by atoms with Gasteiger partial charge < -0.3 is 19.9 Å². The van der Waals surface area contributed by atoms with Gasteiger partial charge >= 0.3 is 0 Å². The number of nitrogens with one attached hydrogen (secondary N) is 1. The molecule has 0 unspecified atom stereocenters. The number of nitrogens with zero attached hydrogens (tertiary/aromatic N) is 5. The molecule has 9 heteroatoms. The lowest BCUT2D eigenvalue weighted by Gasteiger charge is -2.39. The second-order valence-electron chi connectivity index (χ2n) is 9.94. The number of carbonyl (C=O) groups is 1. The summed E-state index contributed by atoms with van der Waals surface area (Å²) in [5.74, 6) is 0.266. The predicted octanol–water partition coefficient (Wildman–Crippen LogP) is 4.86. The van der Waals surface area contributed by atoms with Crippen LogP contribution in [0.5, 0.6) is 0 Å². The molecular formula is C30H30N6O3. The van der Waals surface area contributed by atoms with E-state index in [1.54, 1.807) is 22.8 Å². The van der Waals surface area contributed by atoms with Gasteiger partial charge in [-0.1, -0.05) is 36.9 Å². The summed E-state index contributed by atoms with van der Waals surface area (Å²) in [5.41, 5.74) is 4.42. The highest BCUT2D eigenvalue weighted by Crippen LogP contribution is 2.41. The fraction of sp³-hybridized carbons (Fsp3) is 0.267. The fourth-order valence-corrected chi connectivity index (χ4v) is 5.52. The van der Waals surface area contributed by atoms with Crippen LogP contribution >= 0.6 is 0 Å². The second-order valence-corrected chi connectivity index (χ2v) is 9.94. The lowest BCUT2D eigenvalue weighted by Crippen LogP contribution is -2.45. The molecule has 1 saturated carbocycles. The minimum absolute atomic E-state index is 0.0370. The van der Waals surface area contributed by atoms with Crippen LogP contribution in [0.15, 0.2) is 78.2 Å². The third-order valence-corrected chi connectivity index (χ3v) is 7.61. The molecule has 9 nitrogen and oxygen atoms in total. The number of ether oxygens (including phenoxy) is 1. The Morgan fingerprint density at radius 1 is 1.10 bits per heavy atom. The molecule has 0 saturated heterocycles. The van der Waals surface area contributed by atoms with Crippen LogP contribution < -0.4 is 20.7 Å². The van der Waals surface area contributed by atoms with Gasteiger partial charge in [0.1, 0.15) is 11.3 Å². The number of benzene rings is 2. The topological polar surface area (TPSA) is 92.6 Å². The predicted molar refractivity (Wildman–Crippen MR) is 153 cm³/mol. The van der Waals surface area contributed by atoms with Crippen LogP contribution in [-0.2, 0) is 9.53 Å². The third kappa shape index (κ3) is 4.34. The Bertz CT molecular complexity index is 1630. The highest BCUT2D eigenvalue weighted by molar-refractivity contribution is 6.05. The van der Waals surface area contributed by atoms with E-state index in [1.165, 1.54) is 6.08 Å². The molecule has 3 heterocycles. The van der Waals surface area contributed by atoms with Crippen LogP contribution in [0.25, 0.3) is 11.0 Å². The number of pyridine rings is 1. The van der Waals surface area contributed by atoms with Crippen molar-refractivity contribution < 1.29 is 9.53 Å². The highest BCUT2D eigenvalue weighted by atomic mass is 16.5. The van der Waals surface area contributed by atoms with Crippen LogP contribution in [0.2, 0.25) is 0 Å². The number of methoxy groups -OCH3 is 1. The van der Waals surface area contributed by atoms with E-state index < -0.39 is 0 Å². The zero-order chi connectivity index (χ0) is 27.1. The summed E-state index contributed by atoms with van der Waals surface area (Å²) in [5, 5.41) is 4.00. The number of aryl methyl sites for hydroxylation is 1. The summed E-state index contributed by atoms with van der Waals surface area (Å²) in [6.45, 7) is 6.55. The summed E-state index contributed by atoms with van der Waals surface area (Å²) in [6, 6.07) is 17.4. The molecule has 0 radical (unpaired) electrons. The molecule has 0 spiro atoms. The van der Waals surface area contributed by atoms with Crippen molar-refractivity contribution >= 4 is 45.6 Å². The fourth-order valence-electron chi connectivity index (χ4n) is 5.52.